The van der Waals surface area contributed by atoms with Crippen LogP contribution in [-0.4, -0.2) is 21.5 Å². The molecule has 1 N–H and O–H groups in total. The molecule has 2 aromatic rings. The lowest BCUT2D eigenvalue weighted by molar-refractivity contribution is 0.676. The first-order chi connectivity index (χ1) is 7.95. The Bertz CT molecular complexity index is 360. The molecule has 0 aromatic carbocycles. The minimum absolute atomic E-state index is 0.799. The van der Waals surface area contributed by atoms with Gasteiger partial charge in [-0.05, 0) is 12.1 Å². The molecule has 0 saturated heterocycles. The molecule has 2 aromatic heterocycles. The molecule has 0 amide bonds. The summed E-state index contributed by atoms with van der Waals surface area (Å²) in [6.07, 6.45) is 7.94. The molecular weight excluding hydrogens is 200 g/mol. The van der Waals surface area contributed by atoms with E-state index in [0.29, 0.717) is 0 Å². The standard InChI is InChI=1S/C12H14N4/c1-2-5-16-12(3-1)4-6-13-7-11-8-14-10-15-9-11/h1-3,5,8-10,13H,4,6-7H2. The predicted molar refractivity (Wildman–Crippen MR) is 61.7 cm³/mol. The monoisotopic (exact) mass is 214 g/mol. The first-order valence-corrected chi connectivity index (χ1v) is 5.29. The first kappa shape index (κ1) is 10.7. The lowest BCUT2D eigenvalue weighted by Gasteiger charge is -2.03. The Morgan fingerprint density at radius 2 is 2.00 bits per heavy atom. The fraction of sp³-hybridized carbons (Fsp3) is 0.250. The van der Waals surface area contributed by atoms with Gasteiger partial charge in [0.05, 0.1) is 0 Å². The van der Waals surface area contributed by atoms with E-state index in [9.17, 15) is 0 Å². The van der Waals surface area contributed by atoms with Gasteiger partial charge in [0.15, 0.2) is 0 Å². The second-order valence-corrected chi connectivity index (χ2v) is 3.49. The average Bonchev–Trinajstić information content (AvgIpc) is 2.37. The molecule has 0 aliphatic rings. The highest BCUT2D eigenvalue weighted by Crippen LogP contribution is 1.95. The molecule has 4 heteroatoms. The van der Waals surface area contributed by atoms with Crippen molar-refractivity contribution in [1.29, 1.82) is 0 Å². The summed E-state index contributed by atoms with van der Waals surface area (Å²) in [5.74, 6) is 0. The number of aromatic nitrogens is 3. The van der Waals surface area contributed by atoms with Crippen LogP contribution in [0.5, 0.6) is 0 Å². The Morgan fingerprint density at radius 3 is 2.75 bits per heavy atom. The van der Waals surface area contributed by atoms with Gasteiger partial charge in [-0.2, -0.15) is 0 Å². The Morgan fingerprint density at radius 1 is 1.12 bits per heavy atom. The van der Waals surface area contributed by atoms with Gasteiger partial charge in [-0.25, -0.2) is 9.97 Å². The smallest absolute Gasteiger partial charge is 0.115 e. The van der Waals surface area contributed by atoms with Crippen molar-refractivity contribution in [3.05, 3.63) is 54.4 Å². The number of rotatable bonds is 5. The van der Waals surface area contributed by atoms with E-state index < -0.39 is 0 Å². The van der Waals surface area contributed by atoms with Crippen LogP contribution in [0.1, 0.15) is 11.3 Å². The molecule has 0 unspecified atom stereocenters. The van der Waals surface area contributed by atoms with Crippen LogP contribution in [0.25, 0.3) is 0 Å². The zero-order valence-electron chi connectivity index (χ0n) is 9.00. The number of pyridine rings is 1. The summed E-state index contributed by atoms with van der Waals surface area (Å²) in [7, 11) is 0. The molecule has 0 aliphatic heterocycles. The van der Waals surface area contributed by atoms with Crippen LogP contribution in [0.15, 0.2) is 43.1 Å². The molecule has 0 atom stereocenters. The SMILES string of the molecule is c1ccc(CCNCc2cncnc2)nc1. The van der Waals surface area contributed by atoms with E-state index in [1.165, 1.54) is 6.33 Å². The largest absolute Gasteiger partial charge is 0.312 e. The summed E-state index contributed by atoms with van der Waals surface area (Å²) in [5, 5.41) is 3.33. The minimum atomic E-state index is 0.799. The molecule has 0 radical (unpaired) electrons. The molecule has 0 spiro atoms. The van der Waals surface area contributed by atoms with E-state index in [1.54, 1.807) is 0 Å². The van der Waals surface area contributed by atoms with Crippen molar-refractivity contribution in [2.24, 2.45) is 0 Å². The number of nitrogens with zero attached hydrogens (tertiary/aromatic N) is 3. The van der Waals surface area contributed by atoms with Crippen molar-refractivity contribution in [1.82, 2.24) is 20.3 Å². The van der Waals surface area contributed by atoms with Crippen molar-refractivity contribution >= 4 is 0 Å². The topological polar surface area (TPSA) is 50.7 Å². The van der Waals surface area contributed by atoms with E-state index in [-0.39, 0.29) is 0 Å². The molecule has 0 bridgehead atoms. The van der Waals surface area contributed by atoms with Gasteiger partial charge in [0.1, 0.15) is 6.33 Å². The third-order valence-electron chi connectivity index (χ3n) is 2.23. The molecule has 4 nitrogen and oxygen atoms in total. The lowest BCUT2D eigenvalue weighted by atomic mass is 10.2. The number of hydrogen-bond acceptors (Lipinski definition) is 4. The van der Waals surface area contributed by atoms with Crippen LogP contribution < -0.4 is 5.32 Å². The summed E-state index contributed by atoms with van der Waals surface area (Å²) in [6, 6.07) is 5.97. The maximum Gasteiger partial charge on any atom is 0.115 e. The summed E-state index contributed by atoms with van der Waals surface area (Å²) in [4.78, 5) is 12.2. The fourth-order valence-corrected chi connectivity index (χ4v) is 1.42. The third kappa shape index (κ3) is 3.40. The first-order valence-electron chi connectivity index (χ1n) is 5.29. The highest BCUT2D eigenvalue weighted by molar-refractivity contribution is 5.04. The molecule has 82 valence electrons. The molecule has 2 heterocycles. The van der Waals surface area contributed by atoms with Gasteiger partial charge in [-0.1, -0.05) is 6.07 Å². The molecule has 2 rings (SSSR count). The fourth-order valence-electron chi connectivity index (χ4n) is 1.42. The minimum Gasteiger partial charge on any atom is -0.312 e. The van der Waals surface area contributed by atoms with Crippen LogP contribution >= 0.6 is 0 Å². The van der Waals surface area contributed by atoms with Crippen molar-refractivity contribution in [2.75, 3.05) is 6.54 Å². The van der Waals surface area contributed by atoms with E-state index >= 15 is 0 Å². The third-order valence-corrected chi connectivity index (χ3v) is 2.23. The van der Waals surface area contributed by atoms with Gasteiger partial charge in [0, 0.05) is 49.4 Å². The summed E-state index contributed by atoms with van der Waals surface area (Å²) >= 11 is 0. The van der Waals surface area contributed by atoms with Crippen LogP contribution in [0, 0.1) is 0 Å². The quantitative estimate of drug-likeness (QED) is 0.760. The molecule has 0 aliphatic carbocycles. The van der Waals surface area contributed by atoms with Crippen LogP contribution in [0.3, 0.4) is 0 Å². The summed E-state index contributed by atoms with van der Waals surface area (Å²) in [6.45, 7) is 1.71. The van der Waals surface area contributed by atoms with Crippen LogP contribution in [-0.2, 0) is 13.0 Å². The van der Waals surface area contributed by atoms with Gasteiger partial charge in [-0.15, -0.1) is 0 Å². The lowest BCUT2D eigenvalue weighted by Crippen LogP contribution is -2.17. The Kier molecular flexibility index (Phi) is 3.96. The van der Waals surface area contributed by atoms with E-state index in [2.05, 4.69) is 20.3 Å². The number of nitrogens with one attached hydrogen (secondary N) is 1. The van der Waals surface area contributed by atoms with Gasteiger partial charge >= 0.3 is 0 Å². The van der Waals surface area contributed by atoms with Gasteiger partial charge in [0.2, 0.25) is 0 Å². The summed E-state index contributed by atoms with van der Waals surface area (Å²) in [5.41, 5.74) is 2.21. The van der Waals surface area contributed by atoms with Crippen LogP contribution in [0.2, 0.25) is 0 Å². The van der Waals surface area contributed by atoms with E-state index in [1.807, 2.05) is 36.8 Å². The van der Waals surface area contributed by atoms with Crippen molar-refractivity contribution in [3.8, 4) is 0 Å². The highest BCUT2D eigenvalue weighted by Gasteiger charge is 1.94. The zero-order chi connectivity index (χ0) is 11.1. The van der Waals surface area contributed by atoms with Gasteiger partial charge < -0.3 is 5.32 Å². The summed E-state index contributed by atoms with van der Waals surface area (Å²) < 4.78 is 0. The normalized spacial score (nSPS) is 10.2. The number of hydrogen-bond donors (Lipinski definition) is 1. The molecular formula is C12H14N4. The Balaban J connectivity index is 1.70. The van der Waals surface area contributed by atoms with Crippen molar-refractivity contribution in [3.63, 3.8) is 0 Å². The molecule has 0 fully saturated rings. The molecule has 16 heavy (non-hydrogen) atoms. The second kappa shape index (κ2) is 5.92. The van der Waals surface area contributed by atoms with Gasteiger partial charge in [-0.3, -0.25) is 4.98 Å². The predicted octanol–water partition coefficient (Wildman–Crippen LogP) is 1.20. The Labute approximate surface area is 94.8 Å². The second-order valence-electron chi connectivity index (χ2n) is 3.49. The average molecular weight is 214 g/mol. The molecule has 0 saturated carbocycles. The van der Waals surface area contributed by atoms with E-state index in [0.717, 1.165) is 30.8 Å². The van der Waals surface area contributed by atoms with E-state index in [4.69, 9.17) is 0 Å². The van der Waals surface area contributed by atoms with Crippen LogP contribution in [0.4, 0.5) is 0 Å². The highest BCUT2D eigenvalue weighted by atomic mass is 14.9. The zero-order valence-corrected chi connectivity index (χ0v) is 9.00. The maximum atomic E-state index is 4.26. The van der Waals surface area contributed by atoms with Gasteiger partial charge in [0.25, 0.3) is 0 Å². The maximum absolute atomic E-state index is 4.26. The van der Waals surface area contributed by atoms with Crippen molar-refractivity contribution in [2.45, 2.75) is 13.0 Å². The Hall–Kier alpha value is -1.81. The van der Waals surface area contributed by atoms with Crippen molar-refractivity contribution < 1.29 is 0 Å².